The van der Waals surface area contributed by atoms with Gasteiger partial charge >= 0.3 is 17.9 Å². The number of esters is 3. The second kappa shape index (κ2) is 10.8. The zero-order chi connectivity index (χ0) is 18.7. The normalized spacial score (nSPS) is 9.84. The van der Waals surface area contributed by atoms with Gasteiger partial charge in [0.25, 0.3) is 0 Å². The topological polar surface area (TPSA) is 108 Å². The van der Waals surface area contributed by atoms with Gasteiger partial charge in [0, 0.05) is 13.0 Å². The fraction of sp³-hybridized carbons (Fsp3) is 0.412. The Morgan fingerprint density at radius 1 is 0.800 bits per heavy atom. The number of amides is 1. The van der Waals surface area contributed by atoms with Crippen LogP contribution in [0.5, 0.6) is 5.75 Å². The van der Waals surface area contributed by atoms with Gasteiger partial charge in [-0.2, -0.15) is 0 Å². The van der Waals surface area contributed by atoms with Gasteiger partial charge in [0.2, 0.25) is 5.91 Å². The molecular weight excluding hydrogens is 330 g/mol. The molecule has 0 bridgehead atoms. The molecule has 0 aromatic heterocycles. The average molecular weight is 351 g/mol. The maximum Gasteiger partial charge on any atom is 0.311 e. The molecule has 0 atom stereocenters. The lowest BCUT2D eigenvalue weighted by atomic mass is 10.2. The second-order valence-electron chi connectivity index (χ2n) is 5.05. The summed E-state index contributed by atoms with van der Waals surface area (Å²) in [6.07, 6.45) is -0.0128. The summed E-state index contributed by atoms with van der Waals surface area (Å²) in [5, 5.41) is 2.67. The molecule has 8 heteroatoms. The monoisotopic (exact) mass is 351 g/mol. The molecule has 0 spiro atoms. The van der Waals surface area contributed by atoms with Crippen LogP contribution in [0.2, 0.25) is 0 Å². The molecule has 8 nitrogen and oxygen atoms in total. The predicted molar refractivity (Wildman–Crippen MR) is 86.4 cm³/mol. The standard InChI is InChI=1S/C17H21NO7/c1-23-15(20)8-7-14(19)18-11-12-3-5-13(6-4-12)25-17(22)10-9-16(21)24-2/h3-6H,7-11H2,1-2H3,(H,18,19). The van der Waals surface area contributed by atoms with E-state index in [1.807, 2.05) is 0 Å². The predicted octanol–water partition coefficient (Wildman–Crippen LogP) is 1.11. The Morgan fingerprint density at radius 2 is 1.32 bits per heavy atom. The maximum absolute atomic E-state index is 11.6. The first-order chi connectivity index (χ1) is 11.9. The summed E-state index contributed by atoms with van der Waals surface area (Å²) in [7, 11) is 2.52. The number of methoxy groups -OCH3 is 2. The van der Waals surface area contributed by atoms with Crippen molar-refractivity contribution in [3.05, 3.63) is 29.8 Å². The number of rotatable bonds is 9. The molecule has 1 aromatic carbocycles. The lowest BCUT2D eigenvalue weighted by molar-refractivity contribution is -0.144. The van der Waals surface area contributed by atoms with E-state index in [2.05, 4.69) is 14.8 Å². The van der Waals surface area contributed by atoms with Crippen LogP contribution < -0.4 is 10.1 Å². The molecule has 0 aliphatic carbocycles. The Morgan fingerprint density at radius 3 is 1.88 bits per heavy atom. The van der Waals surface area contributed by atoms with E-state index in [1.165, 1.54) is 14.2 Å². The van der Waals surface area contributed by atoms with Gasteiger partial charge in [0.05, 0.1) is 33.5 Å². The molecular formula is C17H21NO7. The quantitative estimate of drug-likeness (QED) is 0.524. The summed E-state index contributed by atoms with van der Waals surface area (Å²) >= 11 is 0. The van der Waals surface area contributed by atoms with Gasteiger partial charge in [-0.05, 0) is 17.7 Å². The zero-order valence-electron chi connectivity index (χ0n) is 14.2. The van der Waals surface area contributed by atoms with E-state index in [0.717, 1.165) is 5.56 Å². The molecule has 25 heavy (non-hydrogen) atoms. The third-order valence-electron chi connectivity index (χ3n) is 3.19. The Labute approximate surface area is 145 Å². The van der Waals surface area contributed by atoms with Crippen LogP contribution in [0.3, 0.4) is 0 Å². The third-order valence-corrected chi connectivity index (χ3v) is 3.19. The van der Waals surface area contributed by atoms with Crippen molar-refractivity contribution >= 4 is 23.8 Å². The minimum absolute atomic E-state index is 0.0306. The summed E-state index contributed by atoms with van der Waals surface area (Å²) in [6.45, 7) is 0.288. The van der Waals surface area contributed by atoms with Gasteiger partial charge in [-0.25, -0.2) is 0 Å². The molecule has 0 aliphatic rings. The van der Waals surface area contributed by atoms with Gasteiger partial charge in [-0.1, -0.05) is 12.1 Å². The minimum Gasteiger partial charge on any atom is -0.469 e. The molecule has 0 saturated carbocycles. The van der Waals surface area contributed by atoms with Crippen molar-refractivity contribution in [1.29, 1.82) is 0 Å². The van der Waals surface area contributed by atoms with Crippen LogP contribution in [0, 0.1) is 0 Å². The van der Waals surface area contributed by atoms with Crippen molar-refractivity contribution in [2.24, 2.45) is 0 Å². The molecule has 1 rings (SSSR count). The van der Waals surface area contributed by atoms with Crippen LogP contribution in [0.15, 0.2) is 24.3 Å². The number of hydrogen-bond donors (Lipinski definition) is 1. The summed E-state index contributed by atoms with van der Waals surface area (Å²) in [6, 6.07) is 6.57. The number of nitrogens with one attached hydrogen (secondary N) is 1. The highest BCUT2D eigenvalue weighted by molar-refractivity contribution is 5.81. The molecule has 1 N–H and O–H groups in total. The van der Waals surface area contributed by atoms with Gasteiger partial charge in [-0.3, -0.25) is 19.2 Å². The highest BCUT2D eigenvalue weighted by Gasteiger charge is 2.09. The first kappa shape index (κ1) is 20.1. The Hall–Kier alpha value is -2.90. The number of carbonyl (C=O) groups is 4. The second-order valence-corrected chi connectivity index (χ2v) is 5.05. The van der Waals surface area contributed by atoms with E-state index in [0.29, 0.717) is 5.75 Å². The van der Waals surface area contributed by atoms with Crippen molar-refractivity contribution in [3.63, 3.8) is 0 Å². The fourth-order valence-corrected chi connectivity index (χ4v) is 1.77. The number of carbonyl (C=O) groups excluding carboxylic acids is 4. The Balaban J connectivity index is 2.35. The van der Waals surface area contributed by atoms with Gasteiger partial charge < -0.3 is 19.5 Å². The van der Waals surface area contributed by atoms with Crippen LogP contribution in [0.25, 0.3) is 0 Å². The lowest BCUT2D eigenvalue weighted by Crippen LogP contribution is -2.23. The molecule has 0 fully saturated rings. The van der Waals surface area contributed by atoms with Crippen molar-refractivity contribution in [2.45, 2.75) is 32.2 Å². The smallest absolute Gasteiger partial charge is 0.311 e. The van der Waals surface area contributed by atoms with Crippen molar-refractivity contribution in [3.8, 4) is 5.75 Å². The van der Waals surface area contributed by atoms with Crippen molar-refractivity contribution < 1.29 is 33.4 Å². The van der Waals surface area contributed by atoms with Crippen molar-refractivity contribution in [1.82, 2.24) is 5.32 Å². The SMILES string of the molecule is COC(=O)CCC(=O)NCc1ccc(OC(=O)CCC(=O)OC)cc1. The van der Waals surface area contributed by atoms with Crippen LogP contribution in [-0.4, -0.2) is 38.0 Å². The molecule has 136 valence electrons. The average Bonchev–Trinajstić information content (AvgIpc) is 2.63. The highest BCUT2D eigenvalue weighted by Crippen LogP contribution is 2.13. The van der Waals surface area contributed by atoms with E-state index < -0.39 is 17.9 Å². The number of hydrogen-bond acceptors (Lipinski definition) is 7. The first-order valence-electron chi connectivity index (χ1n) is 7.64. The zero-order valence-corrected chi connectivity index (χ0v) is 14.2. The highest BCUT2D eigenvalue weighted by atomic mass is 16.5. The number of benzene rings is 1. The van der Waals surface area contributed by atoms with E-state index in [1.54, 1.807) is 24.3 Å². The summed E-state index contributed by atoms with van der Waals surface area (Å²) < 4.78 is 14.0. The first-order valence-corrected chi connectivity index (χ1v) is 7.64. The van der Waals surface area contributed by atoms with E-state index in [9.17, 15) is 19.2 Å². The molecule has 0 unspecified atom stereocenters. The van der Waals surface area contributed by atoms with E-state index in [4.69, 9.17) is 4.74 Å². The van der Waals surface area contributed by atoms with Crippen LogP contribution in [0.1, 0.15) is 31.2 Å². The van der Waals surface area contributed by atoms with Crippen LogP contribution in [-0.2, 0) is 35.2 Å². The lowest BCUT2D eigenvalue weighted by Gasteiger charge is -2.07. The number of ether oxygens (including phenoxy) is 3. The molecule has 0 radical (unpaired) electrons. The molecule has 0 saturated heterocycles. The molecule has 0 aliphatic heterocycles. The van der Waals surface area contributed by atoms with Gasteiger partial charge in [0.1, 0.15) is 5.75 Å². The van der Waals surface area contributed by atoms with E-state index in [-0.39, 0.29) is 38.1 Å². The van der Waals surface area contributed by atoms with E-state index >= 15 is 0 Å². The molecule has 1 amide bonds. The van der Waals surface area contributed by atoms with Gasteiger partial charge in [-0.15, -0.1) is 0 Å². The largest absolute Gasteiger partial charge is 0.469 e. The Bertz CT molecular complexity index is 610. The minimum atomic E-state index is -0.533. The van der Waals surface area contributed by atoms with Crippen molar-refractivity contribution in [2.75, 3.05) is 14.2 Å². The van der Waals surface area contributed by atoms with Crippen LogP contribution >= 0.6 is 0 Å². The fourth-order valence-electron chi connectivity index (χ4n) is 1.77. The summed E-state index contributed by atoms with van der Waals surface area (Å²) in [4.78, 5) is 45.0. The summed E-state index contributed by atoms with van der Waals surface area (Å²) in [5.41, 5.74) is 0.806. The summed E-state index contributed by atoms with van der Waals surface area (Å²) in [5.74, 6) is -1.36. The van der Waals surface area contributed by atoms with Crippen LogP contribution in [0.4, 0.5) is 0 Å². The Kier molecular flexibility index (Phi) is 8.70. The third kappa shape index (κ3) is 8.50. The van der Waals surface area contributed by atoms with Gasteiger partial charge in [0.15, 0.2) is 0 Å². The molecule has 0 heterocycles. The maximum atomic E-state index is 11.6. The molecule has 1 aromatic rings.